The smallest absolute Gasteiger partial charge is 0.322 e. The molecule has 0 spiro atoms. The highest BCUT2D eigenvalue weighted by Gasteiger charge is 2.41. The molecule has 0 saturated carbocycles. The summed E-state index contributed by atoms with van der Waals surface area (Å²) in [6.45, 7) is -0.0102. The first-order chi connectivity index (χ1) is 14.9. The van der Waals surface area contributed by atoms with Gasteiger partial charge in [-0.2, -0.15) is 4.31 Å². The average Bonchev–Trinajstić information content (AvgIpc) is 3.16. The van der Waals surface area contributed by atoms with Crippen LogP contribution in [0.15, 0.2) is 83.8 Å². The lowest BCUT2D eigenvalue weighted by molar-refractivity contribution is -0.141. The monoisotopic (exact) mass is 432 g/mol. The molecular formula is C24H20N2O4S. The van der Waals surface area contributed by atoms with Crippen LogP contribution in [0.1, 0.15) is 11.3 Å². The summed E-state index contributed by atoms with van der Waals surface area (Å²) in [5.41, 5.74) is 4.36. The lowest BCUT2D eigenvalue weighted by Crippen LogP contribution is -2.48. The number of sulfonamides is 1. The maximum Gasteiger partial charge on any atom is 0.322 e. The van der Waals surface area contributed by atoms with E-state index < -0.39 is 22.0 Å². The molecule has 1 aliphatic heterocycles. The zero-order valence-corrected chi connectivity index (χ0v) is 17.3. The lowest BCUT2D eigenvalue weighted by atomic mass is 9.99. The van der Waals surface area contributed by atoms with Crippen LogP contribution >= 0.6 is 0 Å². The zero-order valence-electron chi connectivity index (χ0n) is 16.5. The Labute approximate surface area is 179 Å². The third kappa shape index (κ3) is 3.32. The fourth-order valence-corrected chi connectivity index (χ4v) is 5.78. The summed E-state index contributed by atoms with van der Waals surface area (Å²) in [7, 11) is -4.00. The summed E-state index contributed by atoms with van der Waals surface area (Å²) in [5.74, 6) is -1.15. The summed E-state index contributed by atoms with van der Waals surface area (Å²) in [6.07, 6.45) is 0.121. The molecule has 2 heterocycles. The van der Waals surface area contributed by atoms with Crippen LogP contribution in [-0.2, 0) is 27.8 Å². The summed E-state index contributed by atoms with van der Waals surface area (Å²) in [4.78, 5) is 15.4. The topological polar surface area (TPSA) is 90.5 Å². The van der Waals surface area contributed by atoms with Crippen LogP contribution < -0.4 is 0 Å². The van der Waals surface area contributed by atoms with Gasteiger partial charge in [-0.1, -0.05) is 60.7 Å². The van der Waals surface area contributed by atoms with E-state index >= 15 is 0 Å². The van der Waals surface area contributed by atoms with Crippen molar-refractivity contribution in [1.82, 2.24) is 9.29 Å². The van der Waals surface area contributed by atoms with Gasteiger partial charge in [-0.25, -0.2) is 8.42 Å². The van der Waals surface area contributed by atoms with Crippen molar-refractivity contribution in [1.29, 1.82) is 0 Å². The molecule has 1 atom stereocenters. The molecule has 0 amide bonds. The molecule has 0 bridgehead atoms. The van der Waals surface area contributed by atoms with Gasteiger partial charge in [0, 0.05) is 23.0 Å². The zero-order chi connectivity index (χ0) is 21.6. The number of benzene rings is 3. The number of rotatable bonds is 4. The summed E-state index contributed by atoms with van der Waals surface area (Å²) < 4.78 is 27.9. The number of fused-ring (bicyclic) bond motifs is 3. The highest BCUT2D eigenvalue weighted by atomic mass is 32.2. The number of hydrogen-bond acceptors (Lipinski definition) is 3. The number of carbonyl (C=O) groups is 1. The van der Waals surface area contributed by atoms with Gasteiger partial charge in [0.25, 0.3) is 0 Å². The van der Waals surface area contributed by atoms with Crippen molar-refractivity contribution in [2.24, 2.45) is 0 Å². The van der Waals surface area contributed by atoms with E-state index in [0.29, 0.717) is 0 Å². The van der Waals surface area contributed by atoms with E-state index in [0.717, 1.165) is 37.6 Å². The number of nitrogens with zero attached hydrogens (tertiary/aromatic N) is 1. The molecule has 31 heavy (non-hydrogen) atoms. The summed E-state index contributed by atoms with van der Waals surface area (Å²) in [6, 6.07) is 22.7. The lowest BCUT2D eigenvalue weighted by Gasteiger charge is -2.32. The predicted octanol–water partition coefficient (Wildman–Crippen LogP) is 4.04. The van der Waals surface area contributed by atoms with Gasteiger partial charge < -0.3 is 10.1 Å². The van der Waals surface area contributed by atoms with E-state index in [-0.39, 0.29) is 17.9 Å². The van der Waals surface area contributed by atoms with E-state index in [1.807, 2.05) is 54.6 Å². The molecule has 4 aromatic rings. The van der Waals surface area contributed by atoms with Crippen molar-refractivity contribution in [3.05, 3.63) is 90.1 Å². The number of carboxylic acids is 1. The van der Waals surface area contributed by atoms with Gasteiger partial charge in [-0.15, -0.1) is 0 Å². The number of aliphatic carboxylic acids is 1. The van der Waals surface area contributed by atoms with Crippen LogP contribution in [0.3, 0.4) is 0 Å². The molecule has 0 aliphatic carbocycles. The quantitative estimate of drug-likeness (QED) is 0.509. The fraction of sp³-hybridized carbons (Fsp3) is 0.125. The molecule has 1 aliphatic rings. The van der Waals surface area contributed by atoms with Crippen molar-refractivity contribution < 1.29 is 18.3 Å². The van der Waals surface area contributed by atoms with Crippen molar-refractivity contribution in [3.8, 4) is 11.1 Å². The number of aromatic nitrogens is 1. The molecule has 0 saturated heterocycles. The Hall–Kier alpha value is -3.42. The first-order valence-corrected chi connectivity index (χ1v) is 11.4. The Bertz CT molecular complexity index is 1380. The molecule has 5 rings (SSSR count). The third-order valence-corrected chi connectivity index (χ3v) is 7.68. The second-order valence-electron chi connectivity index (χ2n) is 7.63. The number of H-pyrrole nitrogens is 1. The van der Waals surface area contributed by atoms with Gasteiger partial charge in [0.15, 0.2) is 0 Å². The first-order valence-electron chi connectivity index (χ1n) is 9.94. The van der Waals surface area contributed by atoms with Crippen molar-refractivity contribution >= 4 is 26.9 Å². The average molecular weight is 433 g/mol. The minimum Gasteiger partial charge on any atom is -0.480 e. The van der Waals surface area contributed by atoms with E-state index in [9.17, 15) is 18.3 Å². The van der Waals surface area contributed by atoms with Crippen molar-refractivity contribution in [3.63, 3.8) is 0 Å². The van der Waals surface area contributed by atoms with Gasteiger partial charge in [0.05, 0.1) is 11.4 Å². The van der Waals surface area contributed by atoms with Crippen LogP contribution in [0.2, 0.25) is 0 Å². The van der Waals surface area contributed by atoms with Crippen molar-refractivity contribution in [2.45, 2.75) is 23.9 Å². The van der Waals surface area contributed by atoms with Gasteiger partial charge >= 0.3 is 5.97 Å². The number of hydrogen-bond donors (Lipinski definition) is 2. The number of nitrogens with one attached hydrogen (secondary N) is 1. The first kappa shape index (κ1) is 19.5. The maximum absolute atomic E-state index is 13.4. The molecule has 7 heteroatoms. The number of para-hydroxylation sites is 1. The normalized spacial score (nSPS) is 16.8. The van der Waals surface area contributed by atoms with Crippen molar-refractivity contribution in [2.75, 3.05) is 0 Å². The van der Waals surface area contributed by atoms with E-state index in [1.54, 1.807) is 12.1 Å². The standard InChI is InChI=1S/C24H20N2O4S/c27-24(28)23-14-20-19-8-4-5-9-21(19)25-22(20)15-26(23)31(29,30)18-12-10-17(11-13-18)16-6-2-1-3-7-16/h1-13,23,25H,14-15H2,(H,27,28). The summed E-state index contributed by atoms with van der Waals surface area (Å²) in [5, 5.41) is 10.8. The molecule has 3 aromatic carbocycles. The molecule has 6 nitrogen and oxygen atoms in total. The van der Waals surface area contributed by atoms with E-state index in [4.69, 9.17) is 0 Å². The SMILES string of the molecule is O=C(O)C1Cc2c([nH]c3ccccc23)CN1S(=O)(=O)c1ccc(-c2ccccc2)cc1. The molecule has 1 unspecified atom stereocenters. The Balaban J connectivity index is 1.53. The molecule has 1 aromatic heterocycles. The minimum absolute atomic E-state index is 0.0102. The molecule has 156 valence electrons. The number of aromatic amines is 1. The maximum atomic E-state index is 13.4. The van der Waals surface area contributed by atoms with Gasteiger partial charge in [-0.3, -0.25) is 4.79 Å². The van der Waals surface area contributed by atoms with Crippen LogP contribution in [0.25, 0.3) is 22.0 Å². The van der Waals surface area contributed by atoms with E-state index in [2.05, 4.69) is 4.98 Å². The Morgan fingerprint density at radius 3 is 2.26 bits per heavy atom. The molecular weight excluding hydrogens is 412 g/mol. The Morgan fingerprint density at radius 2 is 1.55 bits per heavy atom. The predicted molar refractivity (Wildman–Crippen MR) is 118 cm³/mol. The van der Waals surface area contributed by atoms with E-state index in [1.165, 1.54) is 12.1 Å². The van der Waals surface area contributed by atoms with Gasteiger partial charge in [0.1, 0.15) is 6.04 Å². The van der Waals surface area contributed by atoms with Crippen LogP contribution in [-0.4, -0.2) is 34.8 Å². The number of carboxylic acid groups (broad SMARTS) is 1. The molecule has 0 radical (unpaired) electrons. The minimum atomic E-state index is -4.00. The van der Waals surface area contributed by atoms with Crippen LogP contribution in [0.5, 0.6) is 0 Å². The van der Waals surface area contributed by atoms with Gasteiger partial charge in [0.2, 0.25) is 10.0 Å². The van der Waals surface area contributed by atoms with Crippen LogP contribution in [0.4, 0.5) is 0 Å². The highest BCUT2D eigenvalue weighted by Crippen LogP contribution is 2.34. The van der Waals surface area contributed by atoms with Crippen LogP contribution in [0, 0.1) is 0 Å². The molecule has 0 fully saturated rings. The second kappa shape index (κ2) is 7.37. The largest absolute Gasteiger partial charge is 0.480 e. The Morgan fingerprint density at radius 1 is 0.903 bits per heavy atom. The third-order valence-electron chi connectivity index (χ3n) is 5.81. The Kier molecular flexibility index (Phi) is 4.64. The molecule has 2 N–H and O–H groups in total. The highest BCUT2D eigenvalue weighted by molar-refractivity contribution is 7.89. The summed E-state index contributed by atoms with van der Waals surface area (Å²) >= 11 is 0. The second-order valence-corrected chi connectivity index (χ2v) is 9.52. The fourth-order valence-electron chi connectivity index (χ4n) is 4.23. The van der Waals surface area contributed by atoms with Gasteiger partial charge in [-0.05, 0) is 34.9 Å².